The summed E-state index contributed by atoms with van der Waals surface area (Å²) in [6.45, 7) is 1.98. The van der Waals surface area contributed by atoms with Gasteiger partial charge < -0.3 is 4.42 Å². The number of Topliss-reactive ketones (excluding diaryl/α,β-unsaturated/α-hetero) is 1. The van der Waals surface area contributed by atoms with Crippen LogP contribution in [0.4, 0.5) is 0 Å². The van der Waals surface area contributed by atoms with E-state index in [4.69, 9.17) is 4.42 Å². The van der Waals surface area contributed by atoms with Crippen molar-refractivity contribution in [2.24, 2.45) is 0 Å². The molecule has 100 valence electrons. The largest absolute Gasteiger partial charge is 0.469 e. The van der Waals surface area contributed by atoms with Crippen molar-refractivity contribution in [3.8, 4) is 0 Å². The van der Waals surface area contributed by atoms with E-state index in [1.54, 1.807) is 18.5 Å². The van der Waals surface area contributed by atoms with Gasteiger partial charge in [-0.3, -0.25) is 9.78 Å². The summed E-state index contributed by atoms with van der Waals surface area (Å²) in [5, 5.41) is 1.03. The van der Waals surface area contributed by atoms with Gasteiger partial charge in [0.15, 0.2) is 5.78 Å². The van der Waals surface area contributed by atoms with E-state index in [-0.39, 0.29) is 5.78 Å². The number of para-hydroxylation sites is 1. The molecule has 0 fully saturated rings. The van der Waals surface area contributed by atoms with Gasteiger partial charge in [-0.05, 0) is 23.8 Å². The number of hydrogen-bond acceptors (Lipinski definition) is 3. The first kappa shape index (κ1) is 12.6. The Hall–Kier alpha value is -2.42. The van der Waals surface area contributed by atoms with E-state index in [0.29, 0.717) is 12.0 Å². The van der Waals surface area contributed by atoms with Crippen molar-refractivity contribution < 1.29 is 9.21 Å². The highest BCUT2D eigenvalue weighted by atomic mass is 16.3. The second-order valence-electron chi connectivity index (χ2n) is 4.70. The molecule has 0 atom stereocenters. The Kier molecular flexibility index (Phi) is 3.33. The van der Waals surface area contributed by atoms with Crippen LogP contribution in [0.1, 0.15) is 28.6 Å². The zero-order valence-corrected chi connectivity index (χ0v) is 11.3. The smallest absolute Gasteiger partial charge is 0.170 e. The van der Waals surface area contributed by atoms with Crippen LogP contribution in [0.15, 0.2) is 53.3 Å². The Morgan fingerprint density at radius 1 is 1.20 bits per heavy atom. The molecule has 2 aromatic heterocycles. The molecule has 20 heavy (non-hydrogen) atoms. The molecule has 0 amide bonds. The number of nitrogens with zero attached hydrogens (tertiary/aromatic N) is 1. The maximum absolute atomic E-state index is 12.4. The minimum atomic E-state index is 0.0898. The standard InChI is InChI=1S/C17H15NO2/c1-2-17-14(8-10-20-17)16(19)11-12-7-9-18-15-6-4-3-5-13(12)15/h3-10H,2,11H2,1H3. The van der Waals surface area contributed by atoms with Gasteiger partial charge in [0, 0.05) is 24.4 Å². The molecule has 0 radical (unpaired) electrons. The van der Waals surface area contributed by atoms with Gasteiger partial charge in [-0.2, -0.15) is 0 Å². The molecule has 0 N–H and O–H groups in total. The normalized spacial score (nSPS) is 10.8. The zero-order chi connectivity index (χ0) is 13.9. The highest BCUT2D eigenvalue weighted by Gasteiger charge is 2.15. The van der Waals surface area contributed by atoms with Crippen LogP contribution < -0.4 is 0 Å². The summed E-state index contributed by atoms with van der Waals surface area (Å²) >= 11 is 0. The maximum Gasteiger partial charge on any atom is 0.170 e. The van der Waals surface area contributed by atoms with E-state index in [1.807, 2.05) is 37.3 Å². The summed E-state index contributed by atoms with van der Waals surface area (Å²) in [7, 11) is 0. The number of carbonyl (C=O) groups is 1. The van der Waals surface area contributed by atoms with E-state index in [2.05, 4.69) is 4.98 Å². The Morgan fingerprint density at radius 3 is 2.90 bits per heavy atom. The number of aromatic nitrogens is 1. The second-order valence-corrected chi connectivity index (χ2v) is 4.70. The van der Waals surface area contributed by atoms with Crippen LogP contribution in [0, 0.1) is 0 Å². The number of rotatable bonds is 4. The predicted octanol–water partition coefficient (Wildman–Crippen LogP) is 3.82. The number of furan rings is 1. The molecule has 0 saturated carbocycles. The molecule has 3 rings (SSSR count). The monoisotopic (exact) mass is 265 g/mol. The number of hydrogen-bond donors (Lipinski definition) is 0. The van der Waals surface area contributed by atoms with Gasteiger partial charge in [0.25, 0.3) is 0 Å². The van der Waals surface area contributed by atoms with Crippen LogP contribution in [0.5, 0.6) is 0 Å². The fraction of sp³-hybridized carbons (Fsp3) is 0.176. The molecule has 3 aromatic rings. The SMILES string of the molecule is CCc1occc1C(=O)Cc1ccnc2ccccc12. The van der Waals surface area contributed by atoms with Crippen LogP contribution in [-0.4, -0.2) is 10.8 Å². The van der Waals surface area contributed by atoms with E-state index < -0.39 is 0 Å². The topological polar surface area (TPSA) is 43.1 Å². The molecule has 2 heterocycles. The van der Waals surface area contributed by atoms with Gasteiger partial charge >= 0.3 is 0 Å². The van der Waals surface area contributed by atoms with Crippen LogP contribution >= 0.6 is 0 Å². The summed E-state index contributed by atoms with van der Waals surface area (Å²) in [4.78, 5) is 16.7. The van der Waals surface area contributed by atoms with Crippen molar-refractivity contribution in [1.82, 2.24) is 4.98 Å². The van der Waals surface area contributed by atoms with Crippen LogP contribution in [0.25, 0.3) is 10.9 Å². The van der Waals surface area contributed by atoms with Crippen molar-refractivity contribution in [1.29, 1.82) is 0 Å². The van der Waals surface area contributed by atoms with Crippen LogP contribution in [0.3, 0.4) is 0 Å². The Balaban J connectivity index is 1.96. The molecule has 0 aliphatic carbocycles. The fourth-order valence-corrected chi connectivity index (χ4v) is 2.44. The summed E-state index contributed by atoms with van der Waals surface area (Å²) in [6, 6.07) is 11.5. The zero-order valence-electron chi connectivity index (χ0n) is 11.3. The van der Waals surface area contributed by atoms with Crippen molar-refractivity contribution in [3.05, 3.63) is 65.7 Å². The summed E-state index contributed by atoms with van der Waals surface area (Å²) in [5.74, 6) is 0.848. The lowest BCUT2D eigenvalue weighted by Gasteiger charge is -2.05. The average molecular weight is 265 g/mol. The maximum atomic E-state index is 12.4. The van der Waals surface area contributed by atoms with Crippen molar-refractivity contribution in [3.63, 3.8) is 0 Å². The molecule has 3 nitrogen and oxygen atoms in total. The van der Waals surface area contributed by atoms with Crippen LogP contribution in [0.2, 0.25) is 0 Å². The van der Waals surface area contributed by atoms with E-state index in [1.165, 1.54) is 0 Å². The predicted molar refractivity (Wildman–Crippen MR) is 77.9 cm³/mol. The van der Waals surface area contributed by atoms with Crippen molar-refractivity contribution >= 4 is 16.7 Å². The van der Waals surface area contributed by atoms with Crippen molar-refractivity contribution in [2.75, 3.05) is 0 Å². The highest BCUT2D eigenvalue weighted by Crippen LogP contribution is 2.20. The Bertz CT molecular complexity index is 753. The molecule has 0 aliphatic rings. The van der Waals surface area contributed by atoms with E-state index in [9.17, 15) is 4.79 Å². The molecule has 3 heteroatoms. The highest BCUT2D eigenvalue weighted by molar-refractivity contribution is 6.00. The first-order chi connectivity index (χ1) is 9.79. The number of fused-ring (bicyclic) bond motifs is 1. The molecule has 0 unspecified atom stereocenters. The quantitative estimate of drug-likeness (QED) is 0.673. The number of benzene rings is 1. The molecule has 1 aromatic carbocycles. The molecular formula is C17H15NO2. The fourth-order valence-electron chi connectivity index (χ4n) is 2.44. The average Bonchev–Trinajstić information content (AvgIpc) is 2.96. The van der Waals surface area contributed by atoms with Gasteiger partial charge in [-0.25, -0.2) is 0 Å². The van der Waals surface area contributed by atoms with Gasteiger partial charge in [-0.15, -0.1) is 0 Å². The third kappa shape index (κ3) is 2.23. The van der Waals surface area contributed by atoms with E-state index in [0.717, 1.165) is 28.6 Å². The number of aryl methyl sites for hydroxylation is 1. The minimum Gasteiger partial charge on any atom is -0.469 e. The molecule has 0 spiro atoms. The Morgan fingerprint density at radius 2 is 2.05 bits per heavy atom. The molecule has 0 bridgehead atoms. The second kappa shape index (κ2) is 5.29. The lowest BCUT2D eigenvalue weighted by Crippen LogP contribution is -2.05. The minimum absolute atomic E-state index is 0.0898. The number of ketones is 1. The van der Waals surface area contributed by atoms with E-state index >= 15 is 0 Å². The summed E-state index contributed by atoms with van der Waals surface area (Å²) in [5.41, 5.74) is 2.61. The molecule has 0 saturated heterocycles. The van der Waals surface area contributed by atoms with Crippen LogP contribution in [-0.2, 0) is 12.8 Å². The molecule has 0 aliphatic heterocycles. The number of pyridine rings is 1. The lowest BCUT2D eigenvalue weighted by atomic mass is 10.00. The van der Waals surface area contributed by atoms with Gasteiger partial charge in [0.1, 0.15) is 5.76 Å². The number of carbonyl (C=O) groups excluding carboxylic acids is 1. The lowest BCUT2D eigenvalue weighted by molar-refractivity contribution is 0.0991. The van der Waals surface area contributed by atoms with Gasteiger partial charge in [-0.1, -0.05) is 25.1 Å². The third-order valence-electron chi connectivity index (χ3n) is 3.46. The summed E-state index contributed by atoms with van der Waals surface area (Å²) in [6.07, 6.45) is 4.43. The first-order valence-corrected chi connectivity index (χ1v) is 6.71. The van der Waals surface area contributed by atoms with Crippen molar-refractivity contribution in [2.45, 2.75) is 19.8 Å². The first-order valence-electron chi connectivity index (χ1n) is 6.71. The summed E-state index contributed by atoms with van der Waals surface area (Å²) < 4.78 is 5.33. The third-order valence-corrected chi connectivity index (χ3v) is 3.46. The van der Waals surface area contributed by atoms with Gasteiger partial charge in [0.2, 0.25) is 0 Å². The molecular weight excluding hydrogens is 250 g/mol. The van der Waals surface area contributed by atoms with Gasteiger partial charge in [0.05, 0.1) is 17.3 Å². The Labute approximate surface area is 117 Å².